The second-order valence-electron chi connectivity index (χ2n) is 6.32. The van der Waals surface area contributed by atoms with Crippen LogP contribution in [-0.2, 0) is 19.4 Å². The highest BCUT2D eigenvalue weighted by Crippen LogP contribution is 2.34. The number of fused-ring (bicyclic) bond motifs is 1. The average Bonchev–Trinajstić information content (AvgIpc) is 3.14. The van der Waals surface area contributed by atoms with Gasteiger partial charge in [-0.25, -0.2) is 13.2 Å². The highest BCUT2D eigenvalue weighted by atomic mass is 32.2. The first-order valence-electron chi connectivity index (χ1n) is 8.46. The van der Waals surface area contributed by atoms with Crippen LogP contribution in [0.3, 0.4) is 0 Å². The molecule has 11 nitrogen and oxygen atoms in total. The zero-order chi connectivity index (χ0) is 22.1. The van der Waals surface area contributed by atoms with Crippen LogP contribution in [0.5, 0.6) is 11.5 Å². The Morgan fingerprint density at radius 3 is 2.53 bits per heavy atom. The standard InChI is InChI=1S/C18H16N2O9S/c1-10(17(21)19-12-4-5-14-15(8-12)28-9-27-14)29-18(22)11-3-6-16(30(2,25)26)13(7-11)20(23)24/h3-8,10H,9H2,1-2H3,(H,19,21)/t10-/m1/s1. The molecule has 1 aliphatic rings. The van der Waals surface area contributed by atoms with Gasteiger partial charge in [-0.2, -0.15) is 0 Å². The van der Waals surface area contributed by atoms with Crippen LogP contribution in [0, 0.1) is 10.1 Å². The quantitative estimate of drug-likeness (QED) is 0.407. The van der Waals surface area contributed by atoms with Gasteiger partial charge in [-0.05, 0) is 31.2 Å². The molecule has 0 radical (unpaired) electrons. The van der Waals surface area contributed by atoms with Crippen molar-refractivity contribution in [2.24, 2.45) is 0 Å². The molecule has 1 amide bonds. The number of benzene rings is 2. The van der Waals surface area contributed by atoms with Gasteiger partial charge in [0, 0.05) is 24.1 Å². The van der Waals surface area contributed by atoms with Crippen LogP contribution in [0.15, 0.2) is 41.3 Å². The van der Waals surface area contributed by atoms with Crippen LogP contribution >= 0.6 is 0 Å². The molecule has 1 atom stereocenters. The van der Waals surface area contributed by atoms with Gasteiger partial charge in [0.2, 0.25) is 6.79 Å². The normalized spacial score (nSPS) is 13.4. The van der Waals surface area contributed by atoms with Crippen LogP contribution in [0.25, 0.3) is 0 Å². The summed E-state index contributed by atoms with van der Waals surface area (Å²) in [6.07, 6.45) is -0.424. The lowest BCUT2D eigenvalue weighted by Crippen LogP contribution is -2.30. The van der Waals surface area contributed by atoms with Crippen molar-refractivity contribution in [2.45, 2.75) is 17.9 Å². The van der Waals surface area contributed by atoms with Crippen LogP contribution in [0.4, 0.5) is 11.4 Å². The predicted molar refractivity (Wildman–Crippen MR) is 102 cm³/mol. The number of nitrogens with one attached hydrogen (secondary N) is 1. The molecule has 0 aliphatic carbocycles. The molecule has 0 saturated carbocycles. The van der Waals surface area contributed by atoms with Crippen LogP contribution in [-0.4, -0.2) is 44.4 Å². The lowest BCUT2D eigenvalue weighted by molar-refractivity contribution is -0.387. The number of esters is 1. The summed E-state index contributed by atoms with van der Waals surface area (Å²) in [5.41, 5.74) is -0.637. The van der Waals surface area contributed by atoms with Gasteiger partial charge in [-0.15, -0.1) is 0 Å². The highest BCUT2D eigenvalue weighted by Gasteiger charge is 2.26. The van der Waals surface area contributed by atoms with E-state index in [0.29, 0.717) is 17.2 Å². The van der Waals surface area contributed by atoms with E-state index < -0.39 is 43.3 Å². The Morgan fingerprint density at radius 2 is 1.87 bits per heavy atom. The summed E-state index contributed by atoms with van der Waals surface area (Å²) in [6, 6.07) is 7.54. The summed E-state index contributed by atoms with van der Waals surface area (Å²) in [7, 11) is -3.87. The zero-order valence-electron chi connectivity index (χ0n) is 15.8. The van der Waals surface area contributed by atoms with E-state index in [9.17, 15) is 28.1 Å². The predicted octanol–water partition coefficient (Wildman–Crippen LogP) is 1.91. The largest absolute Gasteiger partial charge is 0.454 e. The maximum absolute atomic E-state index is 12.3. The van der Waals surface area contributed by atoms with Gasteiger partial charge < -0.3 is 19.5 Å². The molecule has 1 heterocycles. The number of hydrogen-bond acceptors (Lipinski definition) is 9. The molecule has 2 aromatic rings. The first-order chi connectivity index (χ1) is 14.1. The van der Waals surface area contributed by atoms with Crippen LogP contribution in [0.1, 0.15) is 17.3 Å². The Hall–Kier alpha value is -3.67. The Balaban J connectivity index is 1.71. The highest BCUT2D eigenvalue weighted by molar-refractivity contribution is 7.90. The molecule has 3 rings (SSSR count). The fraction of sp³-hybridized carbons (Fsp3) is 0.222. The molecule has 0 unspecified atom stereocenters. The monoisotopic (exact) mass is 436 g/mol. The molecule has 30 heavy (non-hydrogen) atoms. The number of amides is 1. The molecule has 158 valence electrons. The molecule has 2 aromatic carbocycles. The minimum Gasteiger partial charge on any atom is -0.454 e. The van der Waals surface area contributed by atoms with Gasteiger partial charge in [-0.3, -0.25) is 14.9 Å². The third kappa shape index (κ3) is 4.49. The molecule has 1 aliphatic heterocycles. The molecular formula is C18H16N2O9S. The average molecular weight is 436 g/mol. The van der Waals surface area contributed by atoms with Gasteiger partial charge in [0.1, 0.15) is 4.90 Å². The van der Waals surface area contributed by atoms with Crippen molar-refractivity contribution in [3.8, 4) is 11.5 Å². The van der Waals surface area contributed by atoms with E-state index in [1.807, 2.05) is 0 Å². The summed E-state index contributed by atoms with van der Waals surface area (Å²) in [6.45, 7) is 1.39. The number of rotatable bonds is 6. The second-order valence-corrected chi connectivity index (χ2v) is 8.30. The number of nitrogens with zero attached hydrogens (tertiary/aromatic N) is 1. The fourth-order valence-electron chi connectivity index (χ4n) is 2.60. The van der Waals surface area contributed by atoms with Crippen LogP contribution in [0.2, 0.25) is 0 Å². The van der Waals surface area contributed by atoms with Gasteiger partial charge in [0.05, 0.1) is 10.5 Å². The van der Waals surface area contributed by atoms with E-state index >= 15 is 0 Å². The summed E-state index contributed by atoms with van der Waals surface area (Å²) < 4.78 is 38.7. The minimum atomic E-state index is -3.87. The van der Waals surface area contributed by atoms with E-state index in [1.165, 1.54) is 6.92 Å². The molecule has 1 N–H and O–H groups in total. The van der Waals surface area contributed by atoms with E-state index in [0.717, 1.165) is 24.5 Å². The maximum atomic E-state index is 12.3. The second kappa shape index (κ2) is 7.99. The first kappa shape index (κ1) is 21.0. The van der Waals surface area contributed by atoms with Crippen LogP contribution < -0.4 is 14.8 Å². The van der Waals surface area contributed by atoms with Crippen molar-refractivity contribution >= 4 is 33.1 Å². The summed E-state index contributed by atoms with van der Waals surface area (Å²) in [5.74, 6) is -0.682. The molecule has 0 fully saturated rings. The minimum absolute atomic E-state index is 0.0744. The fourth-order valence-corrected chi connectivity index (χ4v) is 3.43. The van der Waals surface area contributed by atoms with Gasteiger partial charge in [0.15, 0.2) is 27.4 Å². The Labute approximate surface area is 170 Å². The van der Waals surface area contributed by atoms with Crippen molar-refractivity contribution in [3.05, 3.63) is 52.1 Å². The van der Waals surface area contributed by atoms with Crippen molar-refractivity contribution in [3.63, 3.8) is 0 Å². The van der Waals surface area contributed by atoms with E-state index in [-0.39, 0.29) is 12.4 Å². The zero-order valence-corrected chi connectivity index (χ0v) is 16.6. The van der Waals surface area contributed by atoms with Crippen molar-refractivity contribution in [2.75, 3.05) is 18.4 Å². The van der Waals surface area contributed by atoms with Crippen molar-refractivity contribution < 1.29 is 37.1 Å². The summed E-state index contributed by atoms with van der Waals surface area (Å²) >= 11 is 0. The first-order valence-corrected chi connectivity index (χ1v) is 10.4. The molecule has 0 bridgehead atoms. The number of carbonyl (C=O) groups is 2. The van der Waals surface area contributed by atoms with E-state index in [1.54, 1.807) is 18.2 Å². The van der Waals surface area contributed by atoms with Crippen molar-refractivity contribution in [1.82, 2.24) is 0 Å². The smallest absolute Gasteiger partial charge is 0.339 e. The third-order valence-corrected chi connectivity index (χ3v) is 5.23. The van der Waals surface area contributed by atoms with Crippen molar-refractivity contribution in [1.29, 1.82) is 0 Å². The molecule has 0 aromatic heterocycles. The van der Waals surface area contributed by atoms with Gasteiger partial charge in [0.25, 0.3) is 11.6 Å². The maximum Gasteiger partial charge on any atom is 0.339 e. The number of ether oxygens (including phenoxy) is 3. The summed E-state index contributed by atoms with van der Waals surface area (Å²) in [5, 5.41) is 13.7. The molecule has 12 heteroatoms. The number of carbonyl (C=O) groups excluding carboxylic acids is 2. The molecule has 0 spiro atoms. The Bertz CT molecular complexity index is 1140. The number of sulfone groups is 1. The third-order valence-electron chi connectivity index (χ3n) is 4.08. The SMILES string of the molecule is C[C@@H](OC(=O)c1ccc(S(C)(=O)=O)c([N+](=O)[O-])c1)C(=O)Nc1ccc2c(c1)OCO2. The Kier molecular flexibility index (Phi) is 5.60. The topological polar surface area (TPSA) is 151 Å². The number of anilines is 1. The lowest BCUT2D eigenvalue weighted by atomic mass is 10.2. The lowest BCUT2D eigenvalue weighted by Gasteiger charge is -2.14. The van der Waals surface area contributed by atoms with E-state index in [4.69, 9.17) is 14.2 Å². The number of nitro benzene ring substituents is 1. The number of hydrogen-bond donors (Lipinski definition) is 1. The van der Waals surface area contributed by atoms with Gasteiger partial charge in [-0.1, -0.05) is 0 Å². The number of nitro groups is 1. The van der Waals surface area contributed by atoms with E-state index in [2.05, 4.69) is 5.32 Å². The summed E-state index contributed by atoms with van der Waals surface area (Å²) in [4.78, 5) is 34.3. The molecular weight excluding hydrogens is 420 g/mol. The van der Waals surface area contributed by atoms with Gasteiger partial charge >= 0.3 is 5.97 Å². The molecule has 0 saturated heterocycles. The Morgan fingerprint density at radius 1 is 1.17 bits per heavy atom.